The predicted octanol–water partition coefficient (Wildman–Crippen LogP) is 4.63. The molecular weight excluding hydrogens is 384 g/mol. The Morgan fingerprint density at radius 3 is 2.72 bits per heavy atom. The number of ether oxygens (including phenoxy) is 1. The first-order valence-electron chi connectivity index (χ1n) is 10.0. The van der Waals surface area contributed by atoms with Gasteiger partial charge in [-0.2, -0.15) is 0 Å². The van der Waals surface area contributed by atoms with Crippen molar-refractivity contribution < 1.29 is 9.53 Å². The molecule has 0 fully saturated rings. The Bertz CT molecular complexity index is 1150. The molecule has 4 rings (SSSR count). The molecular formula is C23H26N2O3S. The highest BCUT2D eigenvalue weighted by Crippen LogP contribution is 2.35. The van der Waals surface area contributed by atoms with E-state index in [4.69, 9.17) is 9.72 Å². The van der Waals surface area contributed by atoms with E-state index in [0.717, 1.165) is 41.6 Å². The van der Waals surface area contributed by atoms with Gasteiger partial charge in [-0.25, -0.2) is 4.98 Å². The molecule has 2 aromatic heterocycles. The molecule has 5 nitrogen and oxygen atoms in total. The van der Waals surface area contributed by atoms with Gasteiger partial charge in [0.1, 0.15) is 16.4 Å². The van der Waals surface area contributed by atoms with Crippen LogP contribution < -0.4 is 10.3 Å². The topological polar surface area (TPSA) is 61.2 Å². The number of fused-ring (bicyclic) bond motifs is 3. The molecule has 0 spiro atoms. The number of ketones is 1. The average Bonchev–Trinajstić information content (AvgIpc) is 3.07. The van der Waals surface area contributed by atoms with Crippen molar-refractivity contribution in [2.45, 2.75) is 53.0 Å². The van der Waals surface area contributed by atoms with Crippen LogP contribution in [0.2, 0.25) is 0 Å². The van der Waals surface area contributed by atoms with Crippen molar-refractivity contribution in [2.75, 3.05) is 7.11 Å². The quantitative estimate of drug-likeness (QED) is 0.629. The van der Waals surface area contributed by atoms with Crippen molar-refractivity contribution >= 4 is 27.3 Å². The normalized spacial score (nSPS) is 14.1. The van der Waals surface area contributed by atoms with Crippen LogP contribution in [0, 0.1) is 5.41 Å². The zero-order valence-corrected chi connectivity index (χ0v) is 18.2. The van der Waals surface area contributed by atoms with E-state index >= 15 is 0 Å². The molecule has 152 valence electrons. The number of nitrogens with zero attached hydrogens (tertiary/aromatic N) is 2. The number of carbonyl (C=O) groups excluding carboxylic acids is 1. The third-order valence-corrected chi connectivity index (χ3v) is 6.73. The SMILES string of the molecule is COc1cccc(-c2nc3sc4c(c3c(=O)n2CC(=O)C(C)(C)C)CCCC4)c1. The first-order valence-corrected chi connectivity index (χ1v) is 10.8. The Labute approximate surface area is 174 Å². The second-order valence-electron chi connectivity index (χ2n) is 8.62. The fraction of sp³-hybridized carbons (Fsp3) is 0.435. The zero-order valence-electron chi connectivity index (χ0n) is 17.4. The van der Waals surface area contributed by atoms with Gasteiger partial charge in [-0.3, -0.25) is 14.2 Å². The Balaban J connectivity index is 1.98. The lowest BCUT2D eigenvalue weighted by Gasteiger charge is -2.19. The average molecular weight is 411 g/mol. The number of rotatable bonds is 4. The van der Waals surface area contributed by atoms with Crippen LogP contribution in [0.1, 0.15) is 44.1 Å². The van der Waals surface area contributed by atoms with Gasteiger partial charge in [0.25, 0.3) is 5.56 Å². The molecule has 2 heterocycles. The number of aromatic nitrogens is 2. The Morgan fingerprint density at radius 2 is 2.00 bits per heavy atom. The molecule has 0 N–H and O–H groups in total. The minimum absolute atomic E-state index is 0.00833. The highest BCUT2D eigenvalue weighted by molar-refractivity contribution is 7.18. The third kappa shape index (κ3) is 3.62. The van der Waals surface area contributed by atoms with E-state index < -0.39 is 5.41 Å². The van der Waals surface area contributed by atoms with Crippen LogP contribution in [-0.4, -0.2) is 22.4 Å². The standard InChI is InChI=1S/C23H26N2O3S/c1-23(2,3)18(26)13-25-20(14-8-7-9-15(12-14)28-4)24-21-19(22(25)27)16-10-5-6-11-17(16)29-21/h7-9,12H,5-6,10-11,13H2,1-4H3. The van der Waals surface area contributed by atoms with Gasteiger partial charge in [0.2, 0.25) is 0 Å². The number of thiophene rings is 1. The van der Waals surface area contributed by atoms with E-state index in [9.17, 15) is 9.59 Å². The number of hydrogen-bond donors (Lipinski definition) is 0. The highest BCUT2D eigenvalue weighted by atomic mass is 32.1. The molecule has 0 bridgehead atoms. The van der Waals surface area contributed by atoms with Crippen molar-refractivity contribution in [2.24, 2.45) is 5.41 Å². The van der Waals surface area contributed by atoms with Crippen LogP contribution in [0.15, 0.2) is 29.1 Å². The van der Waals surface area contributed by atoms with Crippen LogP contribution >= 0.6 is 11.3 Å². The lowest BCUT2D eigenvalue weighted by Crippen LogP contribution is -2.32. The van der Waals surface area contributed by atoms with E-state index in [0.29, 0.717) is 17.0 Å². The summed E-state index contributed by atoms with van der Waals surface area (Å²) < 4.78 is 6.92. The number of aryl methyl sites for hydroxylation is 2. The van der Waals surface area contributed by atoms with E-state index in [1.54, 1.807) is 23.0 Å². The lowest BCUT2D eigenvalue weighted by molar-refractivity contribution is -0.126. The van der Waals surface area contributed by atoms with Crippen molar-refractivity contribution in [3.8, 4) is 17.1 Å². The van der Waals surface area contributed by atoms with Crippen molar-refractivity contribution in [3.05, 3.63) is 45.1 Å². The van der Waals surface area contributed by atoms with Gasteiger partial charge < -0.3 is 4.74 Å². The van der Waals surface area contributed by atoms with Gasteiger partial charge in [-0.05, 0) is 43.4 Å². The fourth-order valence-electron chi connectivity index (χ4n) is 3.75. The molecule has 0 atom stereocenters. The molecule has 0 unspecified atom stereocenters. The minimum Gasteiger partial charge on any atom is -0.497 e. The second-order valence-corrected chi connectivity index (χ2v) is 9.71. The molecule has 1 aliphatic carbocycles. The molecule has 0 saturated heterocycles. The maximum atomic E-state index is 13.6. The molecule has 0 radical (unpaired) electrons. The van der Waals surface area contributed by atoms with Gasteiger partial charge in [0.15, 0.2) is 5.78 Å². The summed E-state index contributed by atoms with van der Waals surface area (Å²) in [5.74, 6) is 1.22. The molecule has 3 aromatic rings. The zero-order chi connectivity index (χ0) is 20.8. The first-order chi connectivity index (χ1) is 13.8. The lowest BCUT2D eigenvalue weighted by atomic mass is 9.90. The van der Waals surface area contributed by atoms with Gasteiger partial charge in [0, 0.05) is 15.9 Å². The van der Waals surface area contributed by atoms with Gasteiger partial charge in [0.05, 0.1) is 19.0 Å². The molecule has 0 saturated carbocycles. The summed E-state index contributed by atoms with van der Waals surface area (Å²) in [5.41, 5.74) is 1.28. The Kier molecular flexibility index (Phi) is 5.07. The molecule has 6 heteroatoms. The van der Waals surface area contributed by atoms with Crippen molar-refractivity contribution in [1.29, 1.82) is 0 Å². The summed E-state index contributed by atoms with van der Waals surface area (Å²) >= 11 is 1.63. The van der Waals surface area contributed by atoms with Crippen LogP contribution in [-0.2, 0) is 24.2 Å². The maximum Gasteiger partial charge on any atom is 0.263 e. The number of benzene rings is 1. The van der Waals surface area contributed by atoms with E-state index in [1.165, 1.54) is 4.88 Å². The number of hydrogen-bond acceptors (Lipinski definition) is 5. The van der Waals surface area contributed by atoms with Crippen molar-refractivity contribution in [1.82, 2.24) is 9.55 Å². The monoisotopic (exact) mass is 410 g/mol. The van der Waals surface area contributed by atoms with Crippen LogP contribution in [0.5, 0.6) is 5.75 Å². The summed E-state index contributed by atoms with van der Waals surface area (Å²) in [6.45, 7) is 5.65. The highest BCUT2D eigenvalue weighted by Gasteiger charge is 2.27. The molecule has 1 aromatic carbocycles. The Morgan fingerprint density at radius 1 is 1.24 bits per heavy atom. The summed E-state index contributed by atoms with van der Waals surface area (Å²) in [5, 5.41) is 0.707. The molecule has 0 aliphatic heterocycles. The van der Waals surface area contributed by atoms with Crippen LogP contribution in [0.3, 0.4) is 0 Å². The number of Topliss-reactive ketones (excluding diaryl/α,β-unsaturated/α-hetero) is 1. The first kappa shape index (κ1) is 19.8. The summed E-state index contributed by atoms with van der Waals surface area (Å²) in [7, 11) is 1.61. The Hall–Kier alpha value is -2.47. The molecule has 29 heavy (non-hydrogen) atoms. The predicted molar refractivity (Wildman–Crippen MR) is 117 cm³/mol. The minimum atomic E-state index is -0.534. The summed E-state index contributed by atoms with van der Waals surface area (Å²) in [6, 6.07) is 7.50. The fourth-order valence-corrected chi connectivity index (χ4v) is 5.00. The summed E-state index contributed by atoms with van der Waals surface area (Å²) in [6.07, 6.45) is 4.17. The maximum absolute atomic E-state index is 13.6. The van der Waals surface area contributed by atoms with Crippen LogP contribution in [0.25, 0.3) is 21.6 Å². The van der Waals surface area contributed by atoms with Gasteiger partial charge in [-0.1, -0.05) is 32.9 Å². The third-order valence-electron chi connectivity index (χ3n) is 5.54. The van der Waals surface area contributed by atoms with Gasteiger partial charge in [-0.15, -0.1) is 11.3 Å². The van der Waals surface area contributed by atoms with Crippen molar-refractivity contribution in [3.63, 3.8) is 0 Å². The largest absolute Gasteiger partial charge is 0.497 e. The van der Waals surface area contributed by atoms with Gasteiger partial charge >= 0.3 is 0 Å². The number of carbonyl (C=O) groups is 1. The number of methoxy groups -OCH3 is 1. The molecule has 1 aliphatic rings. The van der Waals surface area contributed by atoms with Crippen LogP contribution in [0.4, 0.5) is 0 Å². The smallest absolute Gasteiger partial charge is 0.263 e. The second kappa shape index (κ2) is 7.41. The van der Waals surface area contributed by atoms with E-state index in [2.05, 4.69) is 0 Å². The van der Waals surface area contributed by atoms with E-state index in [-0.39, 0.29) is 17.9 Å². The van der Waals surface area contributed by atoms with E-state index in [1.807, 2.05) is 45.0 Å². The molecule has 0 amide bonds. The summed E-state index contributed by atoms with van der Waals surface area (Å²) in [4.78, 5) is 33.4.